The van der Waals surface area contributed by atoms with Crippen molar-refractivity contribution in [3.8, 4) is 0 Å². The van der Waals surface area contributed by atoms with Crippen LogP contribution in [0, 0.1) is 5.92 Å². The van der Waals surface area contributed by atoms with E-state index in [1.807, 2.05) is 0 Å². The van der Waals surface area contributed by atoms with Crippen molar-refractivity contribution in [3.63, 3.8) is 0 Å². The number of piperidine rings is 1. The van der Waals surface area contributed by atoms with Gasteiger partial charge in [0, 0.05) is 38.4 Å². The average Bonchev–Trinajstić information content (AvgIpc) is 2.50. The van der Waals surface area contributed by atoms with Crippen molar-refractivity contribution in [2.45, 2.75) is 64.1 Å². The maximum absolute atomic E-state index is 12.2. The predicted molar refractivity (Wildman–Crippen MR) is 84.0 cm³/mol. The Morgan fingerprint density at radius 3 is 2.48 bits per heavy atom. The fourth-order valence-corrected chi connectivity index (χ4v) is 3.63. The van der Waals surface area contributed by atoms with Crippen molar-refractivity contribution < 1.29 is 9.53 Å². The molecule has 0 aromatic heterocycles. The molecule has 3 N–H and O–H groups in total. The first kappa shape index (κ1) is 16.7. The summed E-state index contributed by atoms with van der Waals surface area (Å²) in [7, 11) is 0. The molecular formula is C16H31N3O2. The Hall–Kier alpha value is -0.650. The molecule has 21 heavy (non-hydrogen) atoms. The lowest BCUT2D eigenvalue weighted by atomic mass is 9.92. The van der Waals surface area contributed by atoms with Crippen LogP contribution in [0.1, 0.15) is 46.0 Å². The maximum Gasteiger partial charge on any atom is 0.237 e. The van der Waals surface area contributed by atoms with Gasteiger partial charge in [-0.15, -0.1) is 0 Å². The van der Waals surface area contributed by atoms with Gasteiger partial charge >= 0.3 is 0 Å². The summed E-state index contributed by atoms with van der Waals surface area (Å²) in [6.45, 7) is 7.65. The first-order valence-corrected chi connectivity index (χ1v) is 8.46. The van der Waals surface area contributed by atoms with E-state index in [1.165, 1.54) is 19.3 Å². The number of nitrogens with two attached hydrogens (primary N) is 1. The quantitative estimate of drug-likeness (QED) is 0.798. The second-order valence-electron chi connectivity index (χ2n) is 6.63. The van der Waals surface area contributed by atoms with Crippen LogP contribution in [0.4, 0.5) is 0 Å². The van der Waals surface area contributed by atoms with Gasteiger partial charge in [-0.1, -0.05) is 6.42 Å². The van der Waals surface area contributed by atoms with E-state index in [2.05, 4.69) is 24.1 Å². The lowest BCUT2D eigenvalue weighted by molar-refractivity contribution is -0.124. The molecule has 0 aliphatic carbocycles. The average molecular weight is 297 g/mol. The van der Waals surface area contributed by atoms with Crippen LogP contribution >= 0.6 is 0 Å². The molecule has 0 aromatic carbocycles. The summed E-state index contributed by atoms with van der Waals surface area (Å²) in [5, 5.41) is 3.02. The maximum atomic E-state index is 12.2. The first-order valence-electron chi connectivity index (χ1n) is 8.46. The van der Waals surface area contributed by atoms with Crippen LogP contribution in [-0.2, 0) is 9.53 Å². The molecule has 0 saturated carbocycles. The SMILES string of the molecule is CC1CCCC(C)N1CCNC(=O)C(N)C1CCOCC1. The summed E-state index contributed by atoms with van der Waals surface area (Å²) in [6, 6.07) is 0.856. The minimum Gasteiger partial charge on any atom is -0.381 e. The molecule has 0 bridgehead atoms. The van der Waals surface area contributed by atoms with E-state index in [4.69, 9.17) is 10.5 Å². The topological polar surface area (TPSA) is 67.6 Å². The highest BCUT2D eigenvalue weighted by Crippen LogP contribution is 2.21. The van der Waals surface area contributed by atoms with Crippen molar-refractivity contribution >= 4 is 5.91 Å². The monoisotopic (exact) mass is 297 g/mol. The summed E-state index contributed by atoms with van der Waals surface area (Å²) in [4.78, 5) is 14.7. The Kier molecular flexibility index (Phi) is 6.45. The summed E-state index contributed by atoms with van der Waals surface area (Å²) < 4.78 is 5.32. The van der Waals surface area contributed by atoms with Crippen LogP contribution in [0.3, 0.4) is 0 Å². The van der Waals surface area contributed by atoms with Crippen molar-refractivity contribution in [2.75, 3.05) is 26.3 Å². The number of nitrogens with one attached hydrogen (secondary N) is 1. The minimum absolute atomic E-state index is 0.000726. The third-order valence-electron chi connectivity index (χ3n) is 5.12. The second-order valence-corrected chi connectivity index (χ2v) is 6.63. The molecule has 3 unspecified atom stereocenters. The number of carbonyl (C=O) groups excluding carboxylic acids is 1. The number of likely N-dealkylation sites (tertiary alicyclic amines) is 1. The highest BCUT2D eigenvalue weighted by Gasteiger charge is 2.27. The third kappa shape index (κ3) is 4.66. The molecule has 1 amide bonds. The van der Waals surface area contributed by atoms with Crippen LogP contribution in [0.2, 0.25) is 0 Å². The van der Waals surface area contributed by atoms with Crippen molar-refractivity contribution in [1.82, 2.24) is 10.2 Å². The predicted octanol–water partition coefficient (Wildman–Crippen LogP) is 1.12. The van der Waals surface area contributed by atoms with Gasteiger partial charge in [0.15, 0.2) is 0 Å². The fraction of sp³-hybridized carbons (Fsp3) is 0.938. The van der Waals surface area contributed by atoms with E-state index in [1.54, 1.807) is 0 Å². The number of nitrogens with zero attached hydrogens (tertiary/aromatic N) is 1. The lowest BCUT2D eigenvalue weighted by Crippen LogP contribution is -2.51. The van der Waals surface area contributed by atoms with E-state index in [-0.39, 0.29) is 17.9 Å². The van der Waals surface area contributed by atoms with Crippen molar-refractivity contribution in [1.29, 1.82) is 0 Å². The van der Waals surface area contributed by atoms with Crippen LogP contribution in [0.25, 0.3) is 0 Å². The molecule has 0 radical (unpaired) electrons. The Balaban J connectivity index is 1.70. The van der Waals surface area contributed by atoms with Crippen LogP contribution in [0.15, 0.2) is 0 Å². The van der Waals surface area contributed by atoms with Gasteiger partial charge in [-0.3, -0.25) is 9.69 Å². The largest absolute Gasteiger partial charge is 0.381 e. The Morgan fingerprint density at radius 1 is 1.24 bits per heavy atom. The van der Waals surface area contributed by atoms with Crippen LogP contribution in [0.5, 0.6) is 0 Å². The van der Waals surface area contributed by atoms with Gasteiger partial charge in [0.2, 0.25) is 5.91 Å². The van der Waals surface area contributed by atoms with E-state index in [0.29, 0.717) is 18.6 Å². The molecule has 122 valence electrons. The lowest BCUT2D eigenvalue weighted by Gasteiger charge is -2.39. The van der Waals surface area contributed by atoms with E-state index in [9.17, 15) is 4.79 Å². The Labute approximate surface area is 128 Å². The Morgan fingerprint density at radius 2 is 1.86 bits per heavy atom. The van der Waals surface area contributed by atoms with Gasteiger partial charge in [-0.25, -0.2) is 0 Å². The standard InChI is InChI=1S/C16H31N3O2/c1-12-4-3-5-13(2)19(12)9-8-18-16(20)15(17)14-6-10-21-11-7-14/h12-15H,3-11,17H2,1-2H3,(H,18,20). The smallest absolute Gasteiger partial charge is 0.237 e. The molecular weight excluding hydrogens is 266 g/mol. The van der Waals surface area contributed by atoms with E-state index < -0.39 is 0 Å². The number of ether oxygens (including phenoxy) is 1. The number of carbonyl (C=O) groups is 1. The van der Waals surface area contributed by atoms with E-state index >= 15 is 0 Å². The van der Waals surface area contributed by atoms with Gasteiger partial charge in [0.05, 0.1) is 6.04 Å². The van der Waals surface area contributed by atoms with Gasteiger partial charge in [-0.2, -0.15) is 0 Å². The van der Waals surface area contributed by atoms with Gasteiger partial charge in [0.25, 0.3) is 0 Å². The summed E-state index contributed by atoms with van der Waals surface area (Å²) in [5.74, 6) is 0.269. The molecule has 2 fully saturated rings. The molecule has 0 aromatic rings. The second kappa shape index (κ2) is 8.11. The fourth-order valence-electron chi connectivity index (χ4n) is 3.63. The zero-order valence-electron chi connectivity index (χ0n) is 13.5. The number of rotatable bonds is 5. The normalized spacial score (nSPS) is 30.0. The van der Waals surface area contributed by atoms with Gasteiger partial charge in [-0.05, 0) is 45.4 Å². The van der Waals surface area contributed by atoms with Crippen LogP contribution in [-0.4, -0.2) is 55.2 Å². The summed E-state index contributed by atoms with van der Waals surface area (Å²) in [5.41, 5.74) is 6.08. The van der Waals surface area contributed by atoms with Gasteiger partial charge < -0.3 is 15.8 Å². The third-order valence-corrected chi connectivity index (χ3v) is 5.12. The number of hydrogen-bond donors (Lipinski definition) is 2. The van der Waals surface area contributed by atoms with Gasteiger partial charge in [0.1, 0.15) is 0 Å². The summed E-state index contributed by atoms with van der Waals surface area (Å²) in [6.07, 6.45) is 5.64. The molecule has 2 aliphatic rings. The minimum atomic E-state index is -0.384. The number of hydrogen-bond acceptors (Lipinski definition) is 4. The molecule has 3 atom stereocenters. The van der Waals surface area contributed by atoms with Crippen molar-refractivity contribution in [3.05, 3.63) is 0 Å². The Bertz CT molecular complexity index is 321. The zero-order chi connectivity index (χ0) is 15.2. The number of amides is 1. The molecule has 2 saturated heterocycles. The first-order chi connectivity index (χ1) is 10.1. The molecule has 5 nitrogen and oxygen atoms in total. The molecule has 2 rings (SSSR count). The highest BCUT2D eigenvalue weighted by atomic mass is 16.5. The van der Waals surface area contributed by atoms with Crippen molar-refractivity contribution in [2.24, 2.45) is 11.7 Å². The summed E-state index contributed by atoms with van der Waals surface area (Å²) >= 11 is 0. The van der Waals surface area contributed by atoms with Crippen LogP contribution < -0.4 is 11.1 Å². The van der Waals surface area contributed by atoms with E-state index in [0.717, 1.165) is 32.6 Å². The zero-order valence-corrected chi connectivity index (χ0v) is 13.5. The molecule has 0 spiro atoms. The molecule has 5 heteroatoms. The molecule has 2 heterocycles. The highest BCUT2D eigenvalue weighted by molar-refractivity contribution is 5.81. The molecule has 2 aliphatic heterocycles.